The largest absolute Gasteiger partial charge is 0.497 e. The normalized spacial score (nSPS) is 21.0. The Hall–Kier alpha value is -4.14. The van der Waals surface area contributed by atoms with Crippen molar-refractivity contribution in [1.82, 2.24) is 19.1 Å². The maximum atomic E-state index is 13.5. The molecule has 4 atom stereocenters. The molecule has 0 amide bonds. The van der Waals surface area contributed by atoms with Crippen molar-refractivity contribution >= 4 is 8.53 Å². The standard InChI is InChI=1S/C39H46N5O6P/c1-28(2)44(29(3)4)51(48-24-12-22-40)49-26-35-34-25-38(50-35,42-23-21-36(45)41-37(42)46)27-43(34)39(30-13-8-6-9-14-30,31-15-10-7-11-16-31)32-17-19-33(47-5)20-18-32/h6-11,13-21,23,28-29,34-35H,12,24-27H2,1-5H3,(H,41,45,46)/t34-,35+,38-,51?/m0/s1. The Kier molecular flexibility index (Phi) is 11.2. The number of fused-ring (bicyclic) bond motifs is 2. The number of ether oxygens (including phenoxy) is 2. The van der Waals surface area contributed by atoms with Gasteiger partial charge < -0.3 is 18.5 Å². The third kappa shape index (κ3) is 7.05. The fourth-order valence-corrected chi connectivity index (χ4v) is 9.40. The molecule has 1 unspecified atom stereocenters. The van der Waals surface area contributed by atoms with E-state index in [4.69, 9.17) is 18.5 Å². The number of aromatic amines is 1. The molecule has 51 heavy (non-hydrogen) atoms. The maximum Gasteiger partial charge on any atom is 0.330 e. The van der Waals surface area contributed by atoms with E-state index in [9.17, 15) is 14.9 Å². The molecule has 2 saturated heterocycles. The van der Waals surface area contributed by atoms with Gasteiger partial charge in [-0.05, 0) is 56.5 Å². The molecule has 0 saturated carbocycles. The molecule has 4 aromatic rings. The molecule has 0 radical (unpaired) electrons. The zero-order valence-electron chi connectivity index (χ0n) is 29.8. The first-order valence-electron chi connectivity index (χ1n) is 17.4. The van der Waals surface area contributed by atoms with Crippen molar-refractivity contribution in [3.8, 4) is 11.8 Å². The zero-order valence-corrected chi connectivity index (χ0v) is 30.7. The lowest BCUT2D eigenvalue weighted by Gasteiger charge is -2.50. The molecule has 2 fully saturated rings. The summed E-state index contributed by atoms with van der Waals surface area (Å²) >= 11 is 0. The third-order valence-electron chi connectivity index (χ3n) is 9.74. The highest BCUT2D eigenvalue weighted by atomic mass is 31.2. The molecule has 12 heteroatoms. The van der Waals surface area contributed by atoms with E-state index in [2.05, 4.69) is 84.7 Å². The highest BCUT2D eigenvalue weighted by Gasteiger charge is 2.63. The summed E-state index contributed by atoms with van der Waals surface area (Å²) in [5, 5.41) is 9.24. The number of rotatable bonds is 15. The van der Waals surface area contributed by atoms with Crippen LogP contribution in [0.15, 0.2) is 107 Å². The van der Waals surface area contributed by atoms with Crippen molar-refractivity contribution in [3.63, 3.8) is 0 Å². The third-order valence-corrected chi connectivity index (χ3v) is 11.8. The minimum atomic E-state index is -1.55. The van der Waals surface area contributed by atoms with Gasteiger partial charge in [-0.15, -0.1) is 0 Å². The predicted molar refractivity (Wildman–Crippen MR) is 196 cm³/mol. The van der Waals surface area contributed by atoms with Gasteiger partial charge >= 0.3 is 5.69 Å². The quantitative estimate of drug-likeness (QED) is 0.0905. The molecule has 2 aliphatic rings. The molecule has 0 aliphatic carbocycles. The molecule has 2 bridgehead atoms. The molecule has 268 valence electrons. The van der Waals surface area contributed by atoms with E-state index in [1.807, 2.05) is 48.5 Å². The van der Waals surface area contributed by atoms with Crippen LogP contribution in [0.5, 0.6) is 5.75 Å². The smallest absolute Gasteiger partial charge is 0.330 e. The Labute approximate surface area is 300 Å². The predicted octanol–water partition coefficient (Wildman–Crippen LogP) is 5.96. The van der Waals surface area contributed by atoms with Crippen molar-refractivity contribution in [1.29, 1.82) is 5.26 Å². The van der Waals surface area contributed by atoms with Crippen LogP contribution in [0.4, 0.5) is 0 Å². The monoisotopic (exact) mass is 711 g/mol. The van der Waals surface area contributed by atoms with Crippen molar-refractivity contribution in [2.24, 2.45) is 0 Å². The number of nitrogens with one attached hydrogen (secondary N) is 1. The van der Waals surface area contributed by atoms with Crippen LogP contribution >= 0.6 is 8.53 Å². The molecular formula is C39H46N5O6P. The summed E-state index contributed by atoms with van der Waals surface area (Å²) < 4.78 is 29.2. The average Bonchev–Trinajstić information content (AvgIpc) is 3.69. The second-order valence-corrected chi connectivity index (χ2v) is 14.9. The van der Waals surface area contributed by atoms with Crippen molar-refractivity contribution in [2.45, 2.75) is 76.0 Å². The van der Waals surface area contributed by atoms with Gasteiger partial charge in [0.2, 0.25) is 0 Å². The van der Waals surface area contributed by atoms with E-state index in [1.165, 1.54) is 16.8 Å². The van der Waals surface area contributed by atoms with E-state index < -0.39 is 37.1 Å². The summed E-state index contributed by atoms with van der Waals surface area (Å²) in [7, 11) is 0.108. The number of H-pyrrole nitrogens is 1. The first kappa shape index (κ1) is 36.6. The second-order valence-electron chi connectivity index (χ2n) is 13.5. The molecule has 6 rings (SSSR count). The Balaban J connectivity index is 1.51. The van der Waals surface area contributed by atoms with Crippen LogP contribution in [-0.2, 0) is 25.0 Å². The molecular weight excluding hydrogens is 665 g/mol. The number of nitriles is 1. The van der Waals surface area contributed by atoms with Gasteiger partial charge in [-0.2, -0.15) is 5.26 Å². The molecule has 3 heterocycles. The van der Waals surface area contributed by atoms with Crippen molar-refractivity contribution in [2.75, 3.05) is 26.9 Å². The van der Waals surface area contributed by atoms with Gasteiger partial charge in [-0.1, -0.05) is 72.8 Å². The number of hydrogen-bond donors (Lipinski definition) is 1. The first-order valence-corrected chi connectivity index (χ1v) is 18.5. The Morgan fingerprint density at radius 2 is 1.55 bits per heavy atom. The molecule has 11 nitrogen and oxygen atoms in total. The number of aromatic nitrogens is 2. The summed E-state index contributed by atoms with van der Waals surface area (Å²) in [4.78, 5) is 30.6. The number of morpholine rings is 1. The lowest BCUT2D eigenvalue weighted by molar-refractivity contribution is -0.163. The van der Waals surface area contributed by atoms with Gasteiger partial charge in [0.1, 0.15) is 5.75 Å². The number of likely N-dealkylation sites (tertiary alicyclic amines) is 1. The lowest BCUT2D eigenvalue weighted by atomic mass is 9.74. The Bertz CT molecular complexity index is 1870. The van der Waals surface area contributed by atoms with E-state index in [0.717, 1.165) is 22.4 Å². The minimum absolute atomic E-state index is 0.126. The van der Waals surface area contributed by atoms with E-state index >= 15 is 0 Å². The van der Waals surface area contributed by atoms with Gasteiger partial charge in [0, 0.05) is 43.4 Å². The minimum Gasteiger partial charge on any atom is -0.497 e. The van der Waals surface area contributed by atoms with Crippen LogP contribution in [0, 0.1) is 11.3 Å². The summed E-state index contributed by atoms with van der Waals surface area (Å²) in [6, 6.07) is 32.4. The van der Waals surface area contributed by atoms with Crippen LogP contribution in [-0.4, -0.2) is 70.2 Å². The Morgan fingerprint density at radius 3 is 2.10 bits per heavy atom. The highest BCUT2D eigenvalue weighted by Crippen LogP contribution is 2.55. The number of benzene rings is 3. The van der Waals surface area contributed by atoms with Crippen molar-refractivity contribution < 1.29 is 18.5 Å². The zero-order chi connectivity index (χ0) is 36.2. The van der Waals surface area contributed by atoms with E-state index in [-0.39, 0.29) is 37.8 Å². The Morgan fingerprint density at radius 1 is 0.941 bits per heavy atom. The second kappa shape index (κ2) is 15.6. The molecule has 0 spiro atoms. The van der Waals surface area contributed by atoms with Crippen LogP contribution < -0.4 is 16.0 Å². The summed E-state index contributed by atoms with van der Waals surface area (Å²) in [6.45, 7) is 9.17. The fourth-order valence-electron chi connectivity index (χ4n) is 7.78. The maximum absolute atomic E-state index is 13.5. The number of hydrogen-bond acceptors (Lipinski definition) is 9. The van der Waals surface area contributed by atoms with Crippen LogP contribution in [0.2, 0.25) is 0 Å². The summed E-state index contributed by atoms with van der Waals surface area (Å²) in [5.41, 5.74) is 0.167. The average molecular weight is 712 g/mol. The molecule has 3 aromatic carbocycles. The fraction of sp³-hybridized carbons (Fsp3) is 0.410. The SMILES string of the molecule is COc1ccc(C(c2ccccc2)(c2ccccc2)N2C[C@]3(n4ccc(=O)[nH]c4=O)C[C@H]2[C@@H](COP(OCCC#N)N(C(C)C)C(C)C)O3)cc1. The van der Waals surface area contributed by atoms with Crippen molar-refractivity contribution in [3.05, 3.63) is 135 Å². The van der Waals surface area contributed by atoms with Crippen LogP contribution in [0.1, 0.15) is 57.2 Å². The summed E-state index contributed by atoms with van der Waals surface area (Å²) in [5.74, 6) is 0.743. The molecule has 1 N–H and O–H groups in total. The van der Waals surface area contributed by atoms with Gasteiger partial charge in [-0.25, -0.2) is 9.46 Å². The van der Waals surface area contributed by atoms with E-state index in [0.29, 0.717) is 13.0 Å². The van der Waals surface area contributed by atoms with E-state index in [1.54, 1.807) is 7.11 Å². The summed E-state index contributed by atoms with van der Waals surface area (Å²) in [6.07, 6.45) is 1.76. The first-order chi connectivity index (χ1) is 24.6. The molecule has 1 aromatic heterocycles. The lowest BCUT2D eigenvalue weighted by Crippen LogP contribution is -2.60. The highest BCUT2D eigenvalue weighted by molar-refractivity contribution is 7.44. The number of nitrogens with zero attached hydrogens (tertiary/aromatic N) is 4. The van der Waals surface area contributed by atoms with Gasteiger partial charge in [0.15, 0.2) is 5.72 Å². The topological polar surface area (TPSA) is 122 Å². The van der Waals surface area contributed by atoms with Crippen LogP contribution in [0.25, 0.3) is 0 Å². The van der Waals surface area contributed by atoms with Gasteiger partial charge in [0.25, 0.3) is 14.1 Å². The van der Waals surface area contributed by atoms with Gasteiger partial charge in [0.05, 0.1) is 44.5 Å². The molecule has 2 aliphatic heterocycles. The van der Waals surface area contributed by atoms with Crippen LogP contribution in [0.3, 0.4) is 0 Å². The van der Waals surface area contributed by atoms with Gasteiger partial charge in [-0.3, -0.25) is 19.2 Å². The number of methoxy groups -OCH3 is 1.